The summed E-state index contributed by atoms with van der Waals surface area (Å²) in [5.74, 6) is -0.904. The van der Waals surface area contributed by atoms with E-state index >= 15 is 0 Å². The Morgan fingerprint density at radius 3 is 2.36 bits per heavy atom. The fourth-order valence-electron chi connectivity index (χ4n) is 4.91. The molecule has 162 valence electrons. The molecule has 1 spiro atoms. The van der Waals surface area contributed by atoms with E-state index in [-0.39, 0.29) is 12.5 Å². The van der Waals surface area contributed by atoms with Gasteiger partial charge in [-0.1, -0.05) is 38.2 Å². The normalized spacial score (nSPS) is 22.3. The van der Waals surface area contributed by atoms with Crippen LogP contribution in [0.1, 0.15) is 52.9 Å². The highest BCUT2D eigenvalue weighted by Gasteiger charge is 2.45. The van der Waals surface area contributed by atoms with Gasteiger partial charge >= 0.3 is 6.18 Å². The number of hydrogen-bond donors (Lipinski definition) is 0. The van der Waals surface area contributed by atoms with E-state index in [9.17, 15) is 13.2 Å². The van der Waals surface area contributed by atoms with Crippen LogP contribution in [0.5, 0.6) is 0 Å². The number of alkyl halides is 3. The molecule has 0 amide bonds. The van der Waals surface area contributed by atoms with E-state index in [1.54, 1.807) is 13.8 Å². The van der Waals surface area contributed by atoms with Gasteiger partial charge in [-0.3, -0.25) is 4.90 Å². The zero-order valence-corrected chi connectivity index (χ0v) is 18.2. The van der Waals surface area contributed by atoms with Crippen LogP contribution in [0, 0.1) is 23.2 Å². The lowest BCUT2D eigenvalue weighted by molar-refractivity contribution is -0.189. The summed E-state index contributed by atoms with van der Waals surface area (Å²) < 4.78 is 39.5. The van der Waals surface area contributed by atoms with Crippen LogP contribution in [0.2, 0.25) is 0 Å². The lowest BCUT2D eigenvalue weighted by atomic mass is 9.57. The maximum Gasteiger partial charge on any atom is 0.393 e. The minimum atomic E-state index is -4.10. The molecule has 2 aliphatic rings. The summed E-state index contributed by atoms with van der Waals surface area (Å²) in [4.78, 5) is 4.40. The molecule has 28 heavy (non-hydrogen) atoms. The van der Waals surface area contributed by atoms with Crippen LogP contribution in [-0.2, 0) is 0 Å². The Morgan fingerprint density at radius 1 is 1.25 bits per heavy atom. The zero-order valence-electron chi connectivity index (χ0n) is 18.2. The SMILES string of the molecule is C=C(C)/C=C\CN1CCC2(CC1)CC(CCN(C)C[C@H](C(C)C)C(F)(F)F)C2. The third-order valence-corrected chi connectivity index (χ3v) is 6.78. The van der Waals surface area contributed by atoms with Crippen LogP contribution >= 0.6 is 0 Å². The molecule has 2 rings (SSSR count). The first kappa shape index (κ1) is 23.5. The lowest BCUT2D eigenvalue weighted by Gasteiger charge is -2.52. The van der Waals surface area contributed by atoms with E-state index in [4.69, 9.17) is 0 Å². The third kappa shape index (κ3) is 6.91. The number of piperidine rings is 1. The molecule has 1 aliphatic heterocycles. The molecule has 0 aromatic rings. The van der Waals surface area contributed by atoms with Gasteiger partial charge in [0.25, 0.3) is 0 Å². The summed E-state index contributed by atoms with van der Waals surface area (Å²) >= 11 is 0. The minimum Gasteiger partial charge on any atom is -0.306 e. The Bertz CT molecular complexity index is 522. The minimum absolute atomic E-state index is 0.117. The number of nitrogens with zero attached hydrogens (tertiary/aromatic N) is 2. The van der Waals surface area contributed by atoms with Crippen molar-refractivity contribution in [2.24, 2.45) is 23.2 Å². The monoisotopic (exact) mass is 400 g/mol. The van der Waals surface area contributed by atoms with Crippen LogP contribution in [-0.4, -0.2) is 55.7 Å². The third-order valence-electron chi connectivity index (χ3n) is 6.78. The molecule has 5 heteroatoms. The molecule has 0 unspecified atom stereocenters. The van der Waals surface area contributed by atoms with Crippen molar-refractivity contribution in [3.05, 3.63) is 24.3 Å². The van der Waals surface area contributed by atoms with Crippen LogP contribution < -0.4 is 0 Å². The van der Waals surface area contributed by atoms with Crippen molar-refractivity contribution in [2.75, 3.05) is 39.8 Å². The number of halogens is 3. The highest BCUT2D eigenvalue weighted by Crippen LogP contribution is 2.53. The van der Waals surface area contributed by atoms with Gasteiger partial charge in [-0.05, 0) is 83.0 Å². The highest BCUT2D eigenvalue weighted by atomic mass is 19.4. The molecule has 1 atom stereocenters. The van der Waals surface area contributed by atoms with Gasteiger partial charge in [0.2, 0.25) is 0 Å². The van der Waals surface area contributed by atoms with Gasteiger partial charge < -0.3 is 4.90 Å². The summed E-state index contributed by atoms with van der Waals surface area (Å²) in [6, 6.07) is 0. The van der Waals surface area contributed by atoms with Gasteiger partial charge in [0.05, 0.1) is 5.92 Å². The number of likely N-dealkylation sites (tertiary alicyclic amines) is 1. The maximum absolute atomic E-state index is 13.2. The second-order valence-electron chi connectivity index (χ2n) is 9.77. The molecule has 0 aromatic carbocycles. The molecule has 1 saturated carbocycles. The van der Waals surface area contributed by atoms with Gasteiger partial charge in [0, 0.05) is 13.1 Å². The predicted molar refractivity (Wildman–Crippen MR) is 111 cm³/mol. The number of allylic oxidation sites excluding steroid dienone is 2. The van der Waals surface area contributed by atoms with Gasteiger partial charge in [-0.15, -0.1) is 0 Å². The summed E-state index contributed by atoms with van der Waals surface area (Å²) in [5, 5.41) is 0. The molecule has 1 saturated heterocycles. The van der Waals surface area contributed by atoms with Crippen LogP contribution in [0.25, 0.3) is 0 Å². The number of rotatable bonds is 9. The molecule has 0 radical (unpaired) electrons. The standard InChI is InChI=1S/C23H39F3N2/c1-18(2)7-6-11-28-13-9-22(10-14-28)15-20(16-22)8-12-27(5)17-21(19(3)4)23(24,25)26/h6-7,19-21H,1,8-17H2,2-5H3/b7-6-/t21-/m1/s1. The lowest BCUT2D eigenvalue weighted by Crippen LogP contribution is -2.47. The first-order chi connectivity index (χ1) is 13.0. The van der Waals surface area contributed by atoms with Crippen molar-refractivity contribution in [3.8, 4) is 0 Å². The van der Waals surface area contributed by atoms with Gasteiger partial charge in [-0.2, -0.15) is 13.2 Å². The van der Waals surface area contributed by atoms with Crippen molar-refractivity contribution < 1.29 is 13.2 Å². The second-order valence-corrected chi connectivity index (χ2v) is 9.77. The Morgan fingerprint density at radius 2 is 1.86 bits per heavy atom. The molecule has 2 nitrogen and oxygen atoms in total. The Balaban J connectivity index is 1.66. The summed E-state index contributed by atoms with van der Waals surface area (Å²) in [6.45, 7) is 13.5. The molecule has 0 bridgehead atoms. The Hall–Kier alpha value is -0.810. The van der Waals surface area contributed by atoms with Crippen molar-refractivity contribution in [2.45, 2.75) is 59.1 Å². The summed E-state index contributed by atoms with van der Waals surface area (Å²) in [7, 11) is 1.84. The molecule has 2 fully saturated rings. The van der Waals surface area contributed by atoms with Crippen LogP contribution in [0.4, 0.5) is 13.2 Å². The maximum atomic E-state index is 13.2. The van der Waals surface area contributed by atoms with E-state index < -0.39 is 12.1 Å². The van der Waals surface area contributed by atoms with Crippen molar-refractivity contribution in [3.63, 3.8) is 0 Å². The molecular formula is C23H39F3N2. The molecule has 1 aliphatic carbocycles. The van der Waals surface area contributed by atoms with Crippen LogP contribution in [0.3, 0.4) is 0 Å². The first-order valence-corrected chi connectivity index (χ1v) is 10.8. The first-order valence-electron chi connectivity index (χ1n) is 10.8. The Labute approximate surface area is 169 Å². The van der Waals surface area contributed by atoms with Gasteiger partial charge in [0.15, 0.2) is 0 Å². The molecular weight excluding hydrogens is 361 g/mol. The average Bonchev–Trinajstić information content (AvgIpc) is 2.55. The van der Waals surface area contributed by atoms with E-state index in [0.29, 0.717) is 11.3 Å². The highest BCUT2D eigenvalue weighted by molar-refractivity contribution is 5.11. The Kier molecular flexibility index (Phi) is 8.21. The molecule has 0 N–H and O–H groups in total. The quantitative estimate of drug-likeness (QED) is 0.454. The zero-order chi connectivity index (χ0) is 20.9. The number of hydrogen-bond acceptors (Lipinski definition) is 2. The van der Waals surface area contributed by atoms with Gasteiger partial charge in [-0.25, -0.2) is 0 Å². The van der Waals surface area contributed by atoms with E-state index in [1.165, 1.54) is 25.7 Å². The van der Waals surface area contributed by atoms with E-state index in [2.05, 4.69) is 23.6 Å². The fraction of sp³-hybridized carbons (Fsp3) is 0.826. The summed E-state index contributed by atoms with van der Waals surface area (Å²) in [6.07, 6.45) is 6.29. The van der Waals surface area contributed by atoms with Crippen molar-refractivity contribution in [1.29, 1.82) is 0 Å². The van der Waals surface area contributed by atoms with E-state index in [1.807, 2.05) is 18.9 Å². The topological polar surface area (TPSA) is 6.48 Å². The second kappa shape index (κ2) is 9.80. The largest absolute Gasteiger partial charge is 0.393 e. The van der Waals surface area contributed by atoms with E-state index in [0.717, 1.165) is 38.2 Å². The predicted octanol–water partition coefficient (Wildman–Crippen LogP) is 5.77. The van der Waals surface area contributed by atoms with Crippen molar-refractivity contribution in [1.82, 2.24) is 9.80 Å². The molecule has 0 aromatic heterocycles. The smallest absolute Gasteiger partial charge is 0.306 e. The van der Waals surface area contributed by atoms with Crippen LogP contribution in [0.15, 0.2) is 24.3 Å². The molecule has 1 heterocycles. The summed E-state index contributed by atoms with van der Waals surface area (Å²) in [5.41, 5.74) is 1.61. The van der Waals surface area contributed by atoms with Crippen molar-refractivity contribution >= 4 is 0 Å². The fourth-order valence-corrected chi connectivity index (χ4v) is 4.91. The average molecular weight is 401 g/mol. The van der Waals surface area contributed by atoms with Gasteiger partial charge in [0.1, 0.15) is 0 Å².